The van der Waals surface area contributed by atoms with Gasteiger partial charge in [0.25, 0.3) is 5.91 Å². The number of aromatic nitrogens is 2. The van der Waals surface area contributed by atoms with Gasteiger partial charge in [0, 0.05) is 37.9 Å². The molecule has 6 nitrogen and oxygen atoms in total. The smallest absolute Gasteiger partial charge is 0.308 e. The summed E-state index contributed by atoms with van der Waals surface area (Å²) in [6, 6.07) is 6.97. The second-order valence-corrected chi connectivity index (χ2v) is 5.03. The molecule has 1 N–H and O–H groups in total. The predicted molar refractivity (Wildman–Crippen MR) is 80.0 cm³/mol. The second-order valence-electron chi connectivity index (χ2n) is 5.03. The van der Waals surface area contributed by atoms with Crippen LogP contribution < -0.4 is 0 Å². The quantitative estimate of drug-likeness (QED) is 0.880. The van der Waals surface area contributed by atoms with Crippen molar-refractivity contribution in [1.82, 2.24) is 14.9 Å². The highest BCUT2D eigenvalue weighted by Crippen LogP contribution is 2.11. The lowest BCUT2D eigenvalue weighted by Gasteiger charge is -2.24. The van der Waals surface area contributed by atoms with Crippen LogP contribution in [0.5, 0.6) is 0 Å². The van der Waals surface area contributed by atoms with Crippen molar-refractivity contribution >= 4 is 11.9 Å². The zero-order chi connectivity index (χ0) is 15.9. The molecular formula is C16H17N3O3. The Balaban J connectivity index is 2.21. The van der Waals surface area contributed by atoms with Gasteiger partial charge in [-0.1, -0.05) is 13.0 Å². The van der Waals surface area contributed by atoms with Gasteiger partial charge in [-0.2, -0.15) is 0 Å². The zero-order valence-electron chi connectivity index (χ0n) is 12.2. The van der Waals surface area contributed by atoms with Gasteiger partial charge in [0.05, 0.1) is 11.5 Å². The summed E-state index contributed by atoms with van der Waals surface area (Å²) in [5, 5.41) is 9.09. The summed E-state index contributed by atoms with van der Waals surface area (Å²) in [6.45, 7) is 2.01. The van der Waals surface area contributed by atoms with Gasteiger partial charge in [-0.15, -0.1) is 0 Å². The molecule has 114 valence electrons. The first-order valence-electron chi connectivity index (χ1n) is 6.89. The molecule has 1 unspecified atom stereocenters. The average Bonchev–Trinajstić information content (AvgIpc) is 2.55. The summed E-state index contributed by atoms with van der Waals surface area (Å²) >= 11 is 0. The van der Waals surface area contributed by atoms with Gasteiger partial charge in [0.15, 0.2) is 0 Å². The first-order valence-corrected chi connectivity index (χ1v) is 6.89. The summed E-state index contributed by atoms with van der Waals surface area (Å²) < 4.78 is 0. The van der Waals surface area contributed by atoms with Crippen molar-refractivity contribution < 1.29 is 14.7 Å². The van der Waals surface area contributed by atoms with E-state index in [-0.39, 0.29) is 12.5 Å². The molecule has 22 heavy (non-hydrogen) atoms. The van der Waals surface area contributed by atoms with Crippen LogP contribution in [0.25, 0.3) is 0 Å². The van der Waals surface area contributed by atoms with E-state index in [1.165, 1.54) is 11.1 Å². The fourth-order valence-corrected chi connectivity index (χ4v) is 2.01. The van der Waals surface area contributed by atoms with E-state index in [1.54, 1.807) is 43.7 Å². The van der Waals surface area contributed by atoms with E-state index in [0.717, 1.165) is 5.56 Å². The number of carbonyl (C=O) groups is 2. The molecule has 2 rings (SSSR count). The monoisotopic (exact) mass is 299 g/mol. The van der Waals surface area contributed by atoms with Crippen LogP contribution in [0.1, 0.15) is 22.8 Å². The molecule has 0 spiro atoms. The lowest BCUT2D eigenvalue weighted by atomic mass is 10.1. The van der Waals surface area contributed by atoms with Crippen LogP contribution in [-0.2, 0) is 11.3 Å². The third-order valence-corrected chi connectivity index (χ3v) is 3.21. The SMILES string of the molecule is CC(CN(Cc1cccnc1)C(=O)c1cccnc1)C(=O)O. The van der Waals surface area contributed by atoms with Gasteiger partial charge in [-0.05, 0) is 23.8 Å². The molecule has 0 saturated heterocycles. The molecule has 0 radical (unpaired) electrons. The number of carbonyl (C=O) groups excluding carboxylic acids is 1. The Bertz CT molecular complexity index is 632. The summed E-state index contributed by atoms with van der Waals surface area (Å²) in [5.74, 6) is -1.84. The van der Waals surface area contributed by atoms with Crippen molar-refractivity contribution in [3.8, 4) is 0 Å². The minimum Gasteiger partial charge on any atom is -0.481 e. The topological polar surface area (TPSA) is 83.4 Å². The lowest BCUT2D eigenvalue weighted by Crippen LogP contribution is -2.36. The largest absolute Gasteiger partial charge is 0.481 e. The Morgan fingerprint density at radius 1 is 1.18 bits per heavy atom. The average molecular weight is 299 g/mol. The third kappa shape index (κ3) is 4.12. The molecule has 0 bridgehead atoms. The van der Waals surface area contributed by atoms with Crippen molar-refractivity contribution in [3.05, 3.63) is 60.2 Å². The highest BCUT2D eigenvalue weighted by atomic mass is 16.4. The van der Waals surface area contributed by atoms with E-state index in [2.05, 4.69) is 9.97 Å². The number of nitrogens with zero attached hydrogens (tertiary/aromatic N) is 3. The molecule has 0 aliphatic heterocycles. The first kappa shape index (κ1) is 15.6. The summed E-state index contributed by atoms with van der Waals surface area (Å²) in [5.41, 5.74) is 1.28. The minimum atomic E-state index is -0.935. The number of aliphatic carboxylic acids is 1. The summed E-state index contributed by atoms with van der Waals surface area (Å²) in [4.78, 5) is 33.1. The number of hydrogen-bond acceptors (Lipinski definition) is 4. The molecule has 2 aromatic rings. The van der Waals surface area contributed by atoms with Gasteiger partial charge < -0.3 is 10.0 Å². The Morgan fingerprint density at radius 2 is 1.86 bits per heavy atom. The number of carboxylic acids is 1. The Hall–Kier alpha value is -2.76. The molecule has 1 atom stereocenters. The number of carboxylic acid groups (broad SMARTS) is 1. The second kappa shape index (κ2) is 7.31. The van der Waals surface area contributed by atoms with Crippen molar-refractivity contribution in [2.75, 3.05) is 6.54 Å². The van der Waals surface area contributed by atoms with Gasteiger partial charge in [0.2, 0.25) is 0 Å². The molecule has 0 aliphatic carbocycles. The van der Waals surface area contributed by atoms with Crippen LogP contribution >= 0.6 is 0 Å². The lowest BCUT2D eigenvalue weighted by molar-refractivity contribution is -0.141. The highest BCUT2D eigenvalue weighted by molar-refractivity contribution is 5.94. The molecule has 2 heterocycles. The van der Waals surface area contributed by atoms with Gasteiger partial charge in [0.1, 0.15) is 0 Å². The molecule has 0 aliphatic rings. The zero-order valence-corrected chi connectivity index (χ0v) is 12.2. The van der Waals surface area contributed by atoms with Crippen LogP contribution in [0.15, 0.2) is 49.1 Å². The Labute approximate surface area is 128 Å². The standard InChI is InChI=1S/C16H17N3O3/c1-12(16(21)22)10-19(11-13-4-2-6-17-8-13)15(20)14-5-3-7-18-9-14/h2-9,12H,10-11H2,1H3,(H,21,22). The van der Waals surface area contributed by atoms with Crippen LogP contribution in [0, 0.1) is 5.92 Å². The maximum atomic E-state index is 12.6. The van der Waals surface area contributed by atoms with Crippen molar-refractivity contribution in [2.24, 2.45) is 5.92 Å². The molecule has 0 saturated carbocycles. The van der Waals surface area contributed by atoms with E-state index >= 15 is 0 Å². The Morgan fingerprint density at radius 3 is 2.41 bits per heavy atom. The van der Waals surface area contributed by atoms with E-state index in [0.29, 0.717) is 12.1 Å². The number of amides is 1. The van der Waals surface area contributed by atoms with Gasteiger partial charge in [-0.3, -0.25) is 19.6 Å². The van der Waals surface area contributed by atoms with E-state index in [9.17, 15) is 9.59 Å². The van der Waals surface area contributed by atoms with Crippen LogP contribution in [0.3, 0.4) is 0 Å². The maximum Gasteiger partial charge on any atom is 0.308 e. The predicted octanol–water partition coefficient (Wildman–Crippen LogP) is 1.84. The van der Waals surface area contributed by atoms with Crippen molar-refractivity contribution in [3.63, 3.8) is 0 Å². The molecule has 2 aromatic heterocycles. The van der Waals surface area contributed by atoms with E-state index in [4.69, 9.17) is 5.11 Å². The molecular weight excluding hydrogens is 282 g/mol. The number of hydrogen-bond donors (Lipinski definition) is 1. The van der Waals surface area contributed by atoms with Crippen LogP contribution in [0.4, 0.5) is 0 Å². The summed E-state index contributed by atoms with van der Waals surface area (Å²) in [7, 11) is 0. The van der Waals surface area contributed by atoms with E-state index in [1.807, 2.05) is 6.07 Å². The van der Waals surface area contributed by atoms with E-state index < -0.39 is 11.9 Å². The molecule has 0 fully saturated rings. The molecule has 1 amide bonds. The molecule has 6 heteroatoms. The minimum absolute atomic E-state index is 0.123. The first-order chi connectivity index (χ1) is 10.6. The number of pyridine rings is 2. The van der Waals surface area contributed by atoms with Crippen molar-refractivity contribution in [2.45, 2.75) is 13.5 Å². The van der Waals surface area contributed by atoms with Crippen LogP contribution in [0.2, 0.25) is 0 Å². The fourth-order valence-electron chi connectivity index (χ4n) is 2.01. The summed E-state index contributed by atoms with van der Waals surface area (Å²) in [6.07, 6.45) is 6.37. The Kier molecular flexibility index (Phi) is 5.19. The van der Waals surface area contributed by atoms with Crippen LogP contribution in [-0.4, -0.2) is 38.4 Å². The van der Waals surface area contributed by atoms with Gasteiger partial charge >= 0.3 is 5.97 Å². The third-order valence-electron chi connectivity index (χ3n) is 3.21. The normalized spacial score (nSPS) is 11.7. The fraction of sp³-hybridized carbons (Fsp3) is 0.250. The van der Waals surface area contributed by atoms with Gasteiger partial charge in [-0.25, -0.2) is 0 Å². The van der Waals surface area contributed by atoms with Crippen molar-refractivity contribution in [1.29, 1.82) is 0 Å². The molecule has 0 aromatic carbocycles. The number of rotatable bonds is 6. The maximum absolute atomic E-state index is 12.6. The highest BCUT2D eigenvalue weighted by Gasteiger charge is 2.22.